The molecule has 1 aromatic rings. The Labute approximate surface area is 104 Å². The zero-order chi connectivity index (χ0) is 9.40. The van der Waals surface area contributed by atoms with E-state index in [2.05, 4.69) is 19.6 Å². The molecule has 67 valence electrons. The van der Waals surface area contributed by atoms with Gasteiger partial charge >= 0.3 is 0 Å². The average molecular weight is 251 g/mol. The molecule has 0 spiro atoms. The van der Waals surface area contributed by atoms with Gasteiger partial charge in [0.25, 0.3) is 0 Å². The zero-order valence-electron chi connectivity index (χ0n) is 7.23. The molecule has 0 saturated heterocycles. The van der Waals surface area contributed by atoms with E-state index in [1.165, 1.54) is 12.1 Å². The molecule has 3 heteroatoms. The van der Waals surface area contributed by atoms with Gasteiger partial charge in [0.1, 0.15) is 0 Å². The molecule has 0 aliphatic carbocycles. The second-order valence-corrected chi connectivity index (χ2v) is 1.87. The summed E-state index contributed by atoms with van der Waals surface area (Å²) >= 11 is 0. The van der Waals surface area contributed by atoms with E-state index in [1.807, 2.05) is 0 Å². The molecule has 0 aliphatic rings. The standard InChI is InChI=1S/C7H5O2.C3H5.Y/c8-7(9)6-4-2-1-3-5-6;1-3-2;/h1-4H,(H,8,9);3H,1-2H2;/q2*-1;. The van der Waals surface area contributed by atoms with Gasteiger partial charge in [-0.05, 0) is 0 Å². The third kappa shape index (κ3) is 7.75. The van der Waals surface area contributed by atoms with E-state index < -0.39 is 5.97 Å². The van der Waals surface area contributed by atoms with Crippen LogP contribution in [0.25, 0.3) is 0 Å². The summed E-state index contributed by atoms with van der Waals surface area (Å²) in [5.74, 6) is -0.935. The van der Waals surface area contributed by atoms with Crippen LogP contribution in [0.1, 0.15) is 10.4 Å². The Kier molecular flexibility index (Phi) is 10.9. The number of allylic oxidation sites excluding steroid dienone is 1. The number of aromatic carboxylic acids is 1. The molecule has 0 aromatic heterocycles. The minimum Gasteiger partial charge on any atom is -0.521 e. The Morgan fingerprint density at radius 2 is 2.15 bits per heavy atom. The second-order valence-electron chi connectivity index (χ2n) is 1.87. The molecule has 1 radical (unpaired) electrons. The minimum atomic E-state index is -0.935. The minimum absolute atomic E-state index is 0. The van der Waals surface area contributed by atoms with Gasteiger partial charge in [-0.2, -0.15) is 0 Å². The Morgan fingerprint density at radius 1 is 1.62 bits per heavy atom. The van der Waals surface area contributed by atoms with Crippen LogP contribution < -0.4 is 0 Å². The molecular weight excluding hydrogens is 241 g/mol. The molecule has 2 nitrogen and oxygen atoms in total. The summed E-state index contributed by atoms with van der Waals surface area (Å²) in [6.07, 6.45) is 1.50. The van der Waals surface area contributed by atoms with Crippen LogP contribution in [0.5, 0.6) is 0 Å². The van der Waals surface area contributed by atoms with E-state index in [0.29, 0.717) is 0 Å². The van der Waals surface area contributed by atoms with Crippen molar-refractivity contribution in [2.24, 2.45) is 0 Å². The fraction of sp³-hybridized carbons (Fsp3) is 0. The van der Waals surface area contributed by atoms with Crippen molar-refractivity contribution in [3.63, 3.8) is 0 Å². The van der Waals surface area contributed by atoms with Crippen LogP contribution in [0.3, 0.4) is 0 Å². The average Bonchev–Trinajstić information content (AvgIpc) is 2.07. The van der Waals surface area contributed by atoms with Gasteiger partial charge in [0, 0.05) is 32.7 Å². The third-order valence-corrected chi connectivity index (χ3v) is 0.939. The van der Waals surface area contributed by atoms with Gasteiger partial charge < -0.3 is 9.90 Å². The maximum Gasteiger partial charge on any atom is 0.247 e. The van der Waals surface area contributed by atoms with Crippen molar-refractivity contribution in [1.29, 1.82) is 0 Å². The Balaban J connectivity index is 0. The van der Waals surface area contributed by atoms with E-state index in [1.54, 1.807) is 18.2 Å². The normalized spacial score (nSPS) is 7.08. The molecule has 1 aromatic carbocycles. The van der Waals surface area contributed by atoms with Crippen LogP contribution in [0.15, 0.2) is 36.9 Å². The van der Waals surface area contributed by atoms with E-state index in [4.69, 9.17) is 5.11 Å². The second kappa shape index (κ2) is 9.49. The first kappa shape index (κ1) is 14.9. The molecule has 0 bridgehead atoms. The van der Waals surface area contributed by atoms with Crippen LogP contribution in [-0.2, 0) is 32.7 Å². The topological polar surface area (TPSA) is 37.3 Å². The van der Waals surface area contributed by atoms with Crippen LogP contribution in [0.2, 0.25) is 0 Å². The van der Waals surface area contributed by atoms with Crippen LogP contribution in [0.4, 0.5) is 0 Å². The summed E-state index contributed by atoms with van der Waals surface area (Å²) in [5, 5.41) is 8.35. The molecule has 0 heterocycles. The first-order chi connectivity index (χ1) is 5.72. The summed E-state index contributed by atoms with van der Waals surface area (Å²) in [6.45, 7) is 6.50. The largest absolute Gasteiger partial charge is 0.521 e. The molecule has 1 rings (SSSR count). The van der Waals surface area contributed by atoms with Gasteiger partial charge in [-0.15, -0.1) is 30.3 Å². The molecule has 13 heavy (non-hydrogen) atoms. The van der Waals surface area contributed by atoms with E-state index in [-0.39, 0.29) is 38.3 Å². The number of carbonyl (C=O) groups is 1. The molecule has 0 saturated carbocycles. The van der Waals surface area contributed by atoms with Crippen LogP contribution >= 0.6 is 0 Å². The number of rotatable bonds is 1. The first-order valence-corrected chi connectivity index (χ1v) is 3.32. The maximum absolute atomic E-state index is 10.2. The van der Waals surface area contributed by atoms with Gasteiger partial charge in [-0.3, -0.25) is 0 Å². The fourth-order valence-corrected chi connectivity index (χ4v) is 0.526. The van der Waals surface area contributed by atoms with E-state index >= 15 is 0 Å². The number of benzene rings is 1. The molecule has 0 amide bonds. The predicted molar refractivity (Wildman–Crippen MR) is 47.8 cm³/mol. The van der Waals surface area contributed by atoms with E-state index in [0.717, 1.165) is 0 Å². The quantitative estimate of drug-likeness (QED) is 0.777. The molecular formula is C10H10O2Y-2. The van der Waals surface area contributed by atoms with Crippen LogP contribution in [0, 0.1) is 13.0 Å². The fourth-order valence-electron chi connectivity index (χ4n) is 0.526. The SMILES string of the molecule is C=C[CH2-].O=C(O)c1[c-]cccc1.[Y]. The predicted octanol–water partition coefficient (Wildman–Crippen LogP) is 2.19. The number of carboxylic acids is 1. The van der Waals surface area contributed by atoms with Crippen molar-refractivity contribution in [2.75, 3.05) is 0 Å². The summed E-state index contributed by atoms with van der Waals surface area (Å²) in [5.41, 5.74) is 0.206. The van der Waals surface area contributed by atoms with Crippen molar-refractivity contribution < 1.29 is 42.6 Å². The smallest absolute Gasteiger partial charge is 0.247 e. The molecule has 0 aliphatic heterocycles. The Bertz CT molecular complexity index is 244. The molecule has 0 fully saturated rings. The van der Waals surface area contributed by atoms with Gasteiger partial charge in [-0.1, -0.05) is 5.56 Å². The van der Waals surface area contributed by atoms with Gasteiger partial charge in [0.15, 0.2) is 0 Å². The van der Waals surface area contributed by atoms with Gasteiger partial charge in [0.05, 0.1) is 0 Å². The molecule has 0 atom stereocenters. The van der Waals surface area contributed by atoms with Crippen molar-refractivity contribution in [1.82, 2.24) is 0 Å². The zero-order valence-corrected chi connectivity index (χ0v) is 10.1. The maximum atomic E-state index is 10.2. The summed E-state index contributed by atoms with van der Waals surface area (Å²) in [6, 6.07) is 9.04. The Hall–Kier alpha value is -0.596. The van der Waals surface area contributed by atoms with Crippen molar-refractivity contribution in [3.05, 3.63) is 55.5 Å². The first-order valence-electron chi connectivity index (χ1n) is 3.32. The van der Waals surface area contributed by atoms with Gasteiger partial charge in [-0.25, -0.2) is 19.6 Å². The number of hydrogen-bond acceptors (Lipinski definition) is 1. The number of hydrogen-bond donors (Lipinski definition) is 1. The summed E-state index contributed by atoms with van der Waals surface area (Å²) in [7, 11) is 0. The third-order valence-electron chi connectivity index (χ3n) is 0.939. The monoisotopic (exact) mass is 251 g/mol. The van der Waals surface area contributed by atoms with Crippen molar-refractivity contribution >= 4 is 5.97 Å². The van der Waals surface area contributed by atoms with E-state index in [9.17, 15) is 4.79 Å². The van der Waals surface area contributed by atoms with Crippen molar-refractivity contribution in [3.8, 4) is 0 Å². The van der Waals surface area contributed by atoms with Crippen LogP contribution in [-0.4, -0.2) is 11.1 Å². The summed E-state index contributed by atoms with van der Waals surface area (Å²) < 4.78 is 0. The summed E-state index contributed by atoms with van der Waals surface area (Å²) in [4.78, 5) is 10.2. The molecule has 0 unspecified atom stereocenters. The molecule has 1 N–H and O–H groups in total. The number of carboxylic acid groups (broad SMARTS) is 1. The van der Waals surface area contributed by atoms with Crippen molar-refractivity contribution in [2.45, 2.75) is 0 Å². The Morgan fingerprint density at radius 3 is 2.38 bits per heavy atom. The van der Waals surface area contributed by atoms with Gasteiger partial charge in [0.2, 0.25) is 5.97 Å².